The molecule has 12 heteroatoms. The fourth-order valence-electron chi connectivity index (χ4n) is 11.0. The fraction of sp³-hybridized carbons (Fsp3) is 0.821. The highest BCUT2D eigenvalue weighted by molar-refractivity contribution is 8.76. The van der Waals surface area contributed by atoms with Crippen molar-refractivity contribution in [3.63, 3.8) is 0 Å². The van der Waals surface area contributed by atoms with E-state index in [0.29, 0.717) is 49.6 Å². The molecule has 13 atom stereocenters. The summed E-state index contributed by atoms with van der Waals surface area (Å²) in [6, 6.07) is 0.301. The van der Waals surface area contributed by atoms with E-state index >= 15 is 0 Å². The summed E-state index contributed by atoms with van der Waals surface area (Å²) in [5, 5.41) is 11.7. The number of nitrogens with two attached hydrogens (primary N) is 2. The molecule has 5 N–H and O–H groups in total. The lowest BCUT2D eigenvalue weighted by Crippen LogP contribution is -2.96. The molecule has 51 heavy (non-hydrogen) atoms. The lowest BCUT2D eigenvalue weighted by molar-refractivity contribution is -0.706. The van der Waals surface area contributed by atoms with E-state index in [1.54, 1.807) is 13.0 Å². The monoisotopic (exact) mass is 746 g/mol. The summed E-state index contributed by atoms with van der Waals surface area (Å²) >= 11 is 0. The Hall–Kier alpha value is -1.57. The summed E-state index contributed by atoms with van der Waals surface area (Å²) in [6.45, 7) is 9.69. The second-order valence-corrected chi connectivity index (χ2v) is 19.4. The highest BCUT2D eigenvalue weighted by atomic mass is 33.1. The Morgan fingerprint density at radius 3 is 2.76 bits per heavy atom. The summed E-state index contributed by atoms with van der Waals surface area (Å²) in [6.07, 6.45) is 10.9. The van der Waals surface area contributed by atoms with Crippen LogP contribution in [0.1, 0.15) is 91.9 Å². The molecule has 0 aromatic heterocycles. The molecule has 0 aromatic carbocycles. The number of esters is 2. The fourth-order valence-corrected chi connectivity index (χ4v) is 13.6. The van der Waals surface area contributed by atoms with Gasteiger partial charge >= 0.3 is 11.9 Å². The van der Waals surface area contributed by atoms with Crippen LogP contribution in [-0.2, 0) is 28.6 Å². The molecule has 5 saturated heterocycles. The maximum absolute atomic E-state index is 14.1. The maximum atomic E-state index is 14.1. The van der Waals surface area contributed by atoms with Crippen LogP contribution in [0.15, 0.2) is 23.3 Å². The van der Waals surface area contributed by atoms with Gasteiger partial charge in [0.2, 0.25) is 5.91 Å². The zero-order valence-electron chi connectivity index (χ0n) is 30.9. The van der Waals surface area contributed by atoms with E-state index in [0.717, 1.165) is 56.7 Å². The Kier molecular flexibility index (Phi) is 11.3. The van der Waals surface area contributed by atoms with Crippen LogP contribution in [-0.4, -0.2) is 94.7 Å². The first-order valence-corrected chi connectivity index (χ1v) is 22.2. The Morgan fingerprint density at radius 2 is 2.00 bits per heavy atom. The topological polar surface area (TPSA) is 145 Å². The van der Waals surface area contributed by atoms with E-state index in [4.69, 9.17) is 19.9 Å². The molecule has 0 aromatic rings. The van der Waals surface area contributed by atoms with Crippen molar-refractivity contribution in [1.82, 2.24) is 4.90 Å². The van der Waals surface area contributed by atoms with Crippen molar-refractivity contribution in [2.75, 3.05) is 31.2 Å². The standard InChI is InChI=1S/C39H59N3O7S2/c1-5-22(3)36(45)49-38(4)10-9-25-20-50-51-21-30-23(6-2)19-42(30)34(44)14-28-18-41-33(40)15-29(28)35(25)39(38)17-27-13-26-12-24(8-7-11-43)37(46)47-31(26)16-32(27)48-39/h5,9,23-24,26-33,35,41,43H,6-8,10-21,40H2,1-4H3/p+1/t23-,24?,26?,27?,28?,29?,30-,31?,32?,33?,35+,38-,39-/m1/s1. The molecule has 5 aliphatic heterocycles. The van der Waals surface area contributed by atoms with Crippen molar-refractivity contribution in [1.29, 1.82) is 0 Å². The number of piperidine rings is 1. The third kappa shape index (κ3) is 6.97. The normalized spacial score (nSPS) is 44.3. The number of nitrogens with zero attached hydrogens (tertiary/aromatic N) is 1. The molecule has 0 radical (unpaired) electrons. The highest BCUT2D eigenvalue weighted by Crippen LogP contribution is 2.62. The van der Waals surface area contributed by atoms with Gasteiger partial charge in [0.15, 0.2) is 0 Å². The van der Waals surface area contributed by atoms with Gasteiger partial charge in [-0.3, -0.25) is 15.3 Å². The number of amides is 1. The molecular weight excluding hydrogens is 687 g/mol. The van der Waals surface area contributed by atoms with Crippen LogP contribution in [0.5, 0.6) is 0 Å². The minimum absolute atomic E-state index is 0.0734. The summed E-state index contributed by atoms with van der Waals surface area (Å²) < 4.78 is 20.4. The lowest BCUT2D eigenvalue weighted by Gasteiger charge is -2.56. The number of hydrogen-bond acceptors (Lipinski definition) is 10. The van der Waals surface area contributed by atoms with Gasteiger partial charge in [-0.1, -0.05) is 46.2 Å². The molecule has 1 amide bonds. The minimum Gasteiger partial charge on any atom is -0.462 e. The first-order chi connectivity index (χ1) is 24.5. The summed E-state index contributed by atoms with van der Waals surface area (Å²) in [5.41, 5.74) is 6.92. The first-order valence-electron chi connectivity index (χ1n) is 19.7. The SMILES string of the molecule is CC=C(C)C(=O)O[C@]1(C)CC=C2CSSC[C@@H]3[C@H](CC)CN3C(=O)CC3C[NH2+]C(N)CC3[C@H]2[C@]12CC1CC3CC(CCCO)C(=O)OC3CC1O2. The van der Waals surface area contributed by atoms with E-state index in [1.165, 1.54) is 5.57 Å². The molecule has 284 valence electrons. The number of quaternary nitrogens is 1. The number of aliphatic hydroxyl groups excluding tert-OH is 1. The predicted molar refractivity (Wildman–Crippen MR) is 198 cm³/mol. The van der Waals surface area contributed by atoms with E-state index in [2.05, 4.69) is 30.1 Å². The molecule has 7 aliphatic rings. The van der Waals surface area contributed by atoms with Gasteiger partial charge in [-0.2, -0.15) is 0 Å². The smallest absolute Gasteiger partial charge is 0.334 e. The Labute approximate surface area is 311 Å². The van der Waals surface area contributed by atoms with Crippen molar-refractivity contribution in [2.45, 2.75) is 128 Å². The average Bonchev–Trinajstić information content (AvgIpc) is 3.46. The molecule has 1 saturated carbocycles. The number of carbonyl (C=O) groups is 3. The summed E-state index contributed by atoms with van der Waals surface area (Å²) in [4.78, 5) is 43.0. The number of allylic oxidation sites excluding steroid dienone is 1. The molecule has 0 bridgehead atoms. The van der Waals surface area contributed by atoms with Crippen LogP contribution in [0.25, 0.3) is 0 Å². The zero-order chi connectivity index (χ0) is 36.1. The van der Waals surface area contributed by atoms with Crippen molar-refractivity contribution in [2.24, 2.45) is 47.2 Å². The Morgan fingerprint density at radius 1 is 1.18 bits per heavy atom. The van der Waals surface area contributed by atoms with Crippen molar-refractivity contribution >= 4 is 39.4 Å². The predicted octanol–water partition coefficient (Wildman–Crippen LogP) is 3.97. The largest absolute Gasteiger partial charge is 0.462 e. The number of rotatable bonds is 6. The van der Waals surface area contributed by atoms with Crippen LogP contribution in [0, 0.1) is 41.4 Å². The Bertz CT molecular complexity index is 1410. The zero-order valence-corrected chi connectivity index (χ0v) is 32.6. The average molecular weight is 747 g/mol. The second kappa shape index (κ2) is 15.3. The van der Waals surface area contributed by atoms with Gasteiger partial charge in [0, 0.05) is 73.8 Å². The quantitative estimate of drug-likeness (QED) is 0.158. The number of carbonyl (C=O) groups excluding carboxylic acids is 3. The van der Waals surface area contributed by atoms with E-state index in [1.807, 2.05) is 28.5 Å². The molecule has 8 unspecified atom stereocenters. The van der Waals surface area contributed by atoms with E-state index in [9.17, 15) is 19.5 Å². The van der Waals surface area contributed by atoms with E-state index < -0.39 is 11.2 Å². The van der Waals surface area contributed by atoms with Crippen molar-refractivity contribution in [3.05, 3.63) is 23.3 Å². The number of ether oxygens (including phenoxy) is 3. The van der Waals surface area contributed by atoms with Crippen molar-refractivity contribution in [3.8, 4) is 0 Å². The third-order valence-corrected chi connectivity index (χ3v) is 16.5. The van der Waals surface area contributed by atoms with Crippen LogP contribution in [0.4, 0.5) is 0 Å². The molecule has 2 aliphatic carbocycles. The Balaban J connectivity index is 1.27. The third-order valence-electron chi connectivity index (χ3n) is 14.1. The number of aliphatic hydroxyl groups is 1. The van der Waals surface area contributed by atoms with Gasteiger partial charge in [-0.15, -0.1) is 0 Å². The minimum atomic E-state index is -0.947. The highest BCUT2D eigenvalue weighted by Gasteiger charge is 2.68. The summed E-state index contributed by atoms with van der Waals surface area (Å²) in [5.74, 6) is 2.53. The van der Waals surface area contributed by atoms with Crippen LogP contribution >= 0.6 is 21.6 Å². The van der Waals surface area contributed by atoms with E-state index in [-0.39, 0.29) is 78.3 Å². The second-order valence-electron chi connectivity index (χ2n) is 16.9. The van der Waals surface area contributed by atoms with Gasteiger partial charge in [-0.25, -0.2) is 4.79 Å². The number of fused-ring (bicyclic) bond motifs is 7. The van der Waals surface area contributed by atoms with Gasteiger partial charge in [0.05, 0.1) is 18.6 Å². The summed E-state index contributed by atoms with van der Waals surface area (Å²) in [7, 11) is 3.76. The molecule has 1 spiro atoms. The molecule has 5 heterocycles. The van der Waals surface area contributed by atoms with Crippen LogP contribution in [0.2, 0.25) is 0 Å². The van der Waals surface area contributed by atoms with Gasteiger partial charge in [-0.05, 0) is 83.0 Å². The van der Waals surface area contributed by atoms with Gasteiger partial charge in [0.1, 0.15) is 23.5 Å². The molecule has 6 fully saturated rings. The van der Waals surface area contributed by atoms with Crippen LogP contribution < -0.4 is 11.1 Å². The van der Waals surface area contributed by atoms with Gasteiger partial charge < -0.3 is 29.5 Å². The van der Waals surface area contributed by atoms with Crippen molar-refractivity contribution < 1.29 is 39.0 Å². The lowest BCUT2D eigenvalue weighted by atomic mass is 9.56. The molecule has 7 rings (SSSR count). The number of hydrogen-bond donors (Lipinski definition) is 3. The first kappa shape index (κ1) is 37.7. The van der Waals surface area contributed by atoms with Gasteiger partial charge in [0.25, 0.3) is 0 Å². The maximum Gasteiger partial charge on any atom is 0.334 e. The molecular formula is C39H60N3O7S2+. The molecule has 10 nitrogen and oxygen atoms in total. The van der Waals surface area contributed by atoms with Crippen LogP contribution in [0.3, 0.4) is 0 Å².